The van der Waals surface area contributed by atoms with Gasteiger partial charge >= 0.3 is 14.2 Å². The Morgan fingerprint density at radius 2 is 1.32 bits per heavy atom. The molecule has 0 fully saturated rings. The van der Waals surface area contributed by atoms with E-state index < -0.39 is 8.25 Å². The summed E-state index contributed by atoms with van der Waals surface area (Å²) < 4.78 is 19.6. The van der Waals surface area contributed by atoms with Crippen molar-refractivity contribution in [3.8, 4) is 0 Å². The van der Waals surface area contributed by atoms with Crippen molar-refractivity contribution in [2.24, 2.45) is 0 Å². The SMILES string of the molecule is CC(=O)OCCCCCCCCCCCO[P+](=O)O. The normalized spacial score (nSPS) is 11.4. The maximum Gasteiger partial charge on any atom is 0.694 e. The largest absolute Gasteiger partial charge is 0.694 e. The molecule has 19 heavy (non-hydrogen) atoms. The summed E-state index contributed by atoms with van der Waals surface area (Å²) in [5.41, 5.74) is 0. The van der Waals surface area contributed by atoms with Crippen LogP contribution in [0.25, 0.3) is 0 Å². The Kier molecular flexibility index (Phi) is 13.5. The highest BCUT2D eigenvalue weighted by Gasteiger charge is 2.09. The molecule has 1 N–H and O–H groups in total. The maximum atomic E-state index is 10.5. The molecule has 0 saturated heterocycles. The van der Waals surface area contributed by atoms with Gasteiger partial charge in [0.1, 0.15) is 6.61 Å². The minimum absolute atomic E-state index is 0.199. The molecule has 0 aliphatic heterocycles. The molecule has 112 valence electrons. The first-order valence-corrected chi connectivity index (χ1v) is 8.18. The van der Waals surface area contributed by atoms with E-state index in [1.165, 1.54) is 32.6 Å². The Bertz CT molecular complexity index is 221. The van der Waals surface area contributed by atoms with E-state index in [4.69, 9.17) is 9.63 Å². The second-order valence-corrected chi connectivity index (χ2v) is 5.33. The van der Waals surface area contributed by atoms with Gasteiger partial charge in [-0.3, -0.25) is 4.79 Å². The summed E-state index contributed by atoms with van der Waals surface area (Å²) in [6.45, 7) is 2.36. The number of carbonyl (C=O) groups is 1. The molecule has 0 spiro atoms. The number of rotatable bonds is 13. The molecule has 0 rings (SSSR count). The number of ether oxygens (including phenoxy) is 1. The highest BCUT2D eigenvalue weighted by Crippen LogP contribution is 2.16. The van der Waals surface area contributed by atoms with E-state index in [1.54, 1.807) is 0 Å². The van der Waals surface area contributed by atoms with Crippen molar-refractivity contribution in [3.05, 3.63) is 0 Å². The van der Waals surface area contributed by atoms with Crippen molar-refractivity contribution in [1.29, 1.82) is 0 Å². The van der Waals surface area contributed by atoms with Crippen molar-refractivity contribution < 1.29 is 23.5 Å². The second kappa shape index (κ2) is 13.9. The van der Waals surface area contributed by atoms with Gasteiger partial charge in [-0.05, 0) is 12.8 Å². The first-order valence-electron chi connectivity index (χ1n) is 7.05. The van der Waals surface area contributed by atoms with E-state index >= 15 is 0 Å². The zero-order chi connectivity index (χ0) is 14.3. The summed E-state index contributed by atoms with van der Waals surface area (Å²) in [4.78, 5) is 18.9. The lowest BCUT2D eigenvalue weighted by molar-refractivity contribution is -0.141. The van der Waals surface area contributed by atoms with Gasteiger partial charge in [-0.2, -0.15) is 0 Å². The van der Waals surface area contributed by atoms with Crippen LogP contribution in [0.2, 0.25) is 0 Å². The molecule has 0 saturated carbocycles. The minimum Gasteiger partial charge on any atom is -0.466 e. The molecule has 0 aromatic rings. The molecule has 0 amide bonds. The second-order valence-electron chi connectivity index (χ2n) is 4.59. The number of esters is 1. The highest BCUT2D eigenvalue weighted by molar-refractivity contribution is 7.32. The fraction of sp³-hybridized carbons (Fsp3) is 0.923. The zero-order valence-electron chi connectivity index (χ0n) is 11.8. The summed E-state index contributed by atoms with van der Waals surface area (Å²) in [7, 11) is -2.42. The molecular formula is C13H26O5P+. The van der Waals surface area contributed by atoms with E-state index in [9.17, 15) is 9.36 Å². The zero-order valence-corrected chi connectivity index (χ0v) is 12.7. The predicted molar refractivity (Wildman–Crippen MR) is 74.0 cm³/mol. The van der Waals surface area contributed by atoms with E-state index in [1.807, 2.05) is 0 Å². The topological polar surface area (TPSA) is 72.8 Å². The van der Waals surface area contributed by atoms with Crippen LogP contribution in [0.15, 0.2) is 0 Å². The Morgan fingerprint density at radius 3 is 1.74 bits per heavy atom. The van der Waals surface area contributed by atoms with Crippen LogP contribution < -0.4 is 0 Å². The summed E-state index contributed by atoms with van der Waals surface area (Å²) in [5.74, 6) is -0.199. The Labute approximate surface area is 116 Å². The van der Waals surface area contributed by atoms with Crippen molar-refractivity contribution in [2.45, 2.75) is 64.7 Å². The van der Waals surface area contributed by atoms with Crippen molar-refractivity contribution in [3.63, 3.8) is 0 Å². The molecule has 0 aliphatic carbocycles. The van der Waals surface area contributed by atoms with E-state index in [0.29, 0.717) is 13.2 Å². The Hall–Kier alpha value is -0.510. The lowest BCUT2D eigenvalue weighted by Crippen LogP contribution is -2.00. The molecule has 1 atom stereocenters. The lowest BCUT2D eigenvalue weighted by Gasteiger charge is -2.02. The van der Waals surface area contributed by atoms with E-state index in [0.717, 1.165) is 32.1 Å². The van der Waals surface area contributed by atoms with Gasteiger partial charge in [0.15, 0.2) is 0 Å². The van der Waals surface area contributed by atoms with Crippen molar-refractivity contribution in [2.75, 3.05) is 13.2 Å². The van der Waals surface area contributed by atoms with Gasteiger partial charge in [0.05, 0.1) is 6.61 Å². The number of hydrogen-bond donors (Lipinski definition) is 1. The Morgan fingerprint density at radius 1 is 0.895 bits per heavy atom. The molecule has 6 heteroatoms. The van der Waals surface area contributed by atoms with Gasteiger partial charge in [-0.1, -0.05) is 44.9 Å². The molecular weight excluding hydrogens is 267 g/mol. The fourth-order valence-electron chi connectivity index (χ4n) is 1.80. The predicted octanol–water partition coefficient (Wildman–Crippen LogP) is 3.73. The molecule has 0 aromatic carbocycles. The van der Waals surface area contributed by atoms with Crippen molar-refractivity contribution >= 4 is 14.2 Å². The summed E-state index contributed by atoms with van der Waals surface area (Å²) in [5, 5.41) is 0. The van der Waals surface area contributed by atoms with Crippen LogP contribution >= 0.6 is 8.25 Å². The highest BCUT2D eigenvalue weighted by atomic mass is 31.1. The molecule has 0 aliphatic rings. The van der Waals surface area contributed by atoms with Crippen LogP contribution in [0, 0.1) is 0 Å². The lowest BCUT2D eigenvalue weighted by atomic mass is 10.1. The van der Waals surface area contributed by atoms with Crippen LogP contribution in [0.1, 0.15) is 64.7 Å². The third kappa shape index (κ3) is 17.5. The van der Waals surface area contributed by atoms with Crippen LogP contribution in [-0.2, 0) is 18.6 Å². The van der Waals surface area contributed by atoms with Crippen molar-refractivity contribution in [1.82, 2.24) is 0 Å². The summed E-state index contributed by atoms with van der Waals surface area (Å²) in [6.07, 6.45) is 9.96. The monoisotopic (exact) mass is 293 g/mol. The van der Waals surface area contributed by atoms with Crippen LogP contribution in [-0.4, -0.2) is 24.1 Å². The minimum atomic E-state index is -2.42. The van der Waals surface area contributed by atoms with E-state index in [2.05, 4.69) is 4.52 Å². The van der Waals surface area contributed by atoms with Crippen LogP contribution in [0.4, 0.5) is 0 Å². The van der Waals surface area contributed by atoms with Gasteiger partial charge in [0, 0.05) is 11.5 Å². The smallest absolute Gasteiger partial charge is 0.466 e. The fourth-order valence-corrected chi connectivity index (χ4v) is 2.09. The molecule has 0 heterocycles. The molecule has 0 aromatic heterocycles. The van der Waals surface area contributed by atoms with Gasteiger partial charge in [0.25, 0.3) is 0 Å². The average Bonchev–Trinajstić information content (AvgIpc) is 2.34. The third-order valence-corrected chi connectivity index (χ3v) is 3.20. The van der Waals surface area contributed by atoms with Gasteiger partial charge in [-0.25, -0.2) is 0 Å². The molecule has 0 radical (unpaired) electrons. The first-order chi connectivity index (χ1) is 9.13. The Balaban J connectivity index is 2.99. The number of hydrogen-bond acceptors (Lipinski definition) is 4. The average molecular weight is 293 g/mol. The van der Waals surface area contributed by atoms with Gasteiger partial charge in [-0.15, -0.1) is 9.42 Å². The summed E-state index contributed by atoms with van der Waals surface area (Å²) >= 11 is 0. The summed E-state index contributed by atoms with van der Waals surface area (Å²) in [6, 6.07) is 0. The standard InChI is InChI=1S/C13H25O5P/c1-13(14)17-11-9-7-5-3-2-4-6-8-10-12-18-19(15)16/h2-12H2,1H3/p+1. The van der Waals surface area contributed by atoms with E-state index in [-0.39, 0.29) is 5.97 Å². The van der Waals surface area contributed by atoms with Crippen LogP contribution in [0.5, 0.6) is 0 Å². The molecule has 0 bridgehead atoms. The van der Waals surface area contributed by atoms with Gasteiger partial charge in [0.2, 0.25) is 0 Å². The maximum absolute atomic E-state index is 10.5. The third-order valence-electron chi connectivity index (χ3n) is 2.80. The van der Waals surface area contributed by atoms with Gasteiger partial charge < -0.3 is 4.74 Å². The quantitative estimate of drug-likeness (QED) is 0.318. The van der Waals surface area contributed by atoms with Crippen LogP contribution in [0.3, 0.4) is 0 Å². The molecule has 1 unspecified atom stereocenters. The first kappa shape index (κ1) is 18.5. The molecule has 5 nitrogen and oxygen atoms in total. The number of unbranched alkanes of at least 4 members (excludes halogenated alkanes) is 8. The number of carbonyl (C=O) groups excluding carboxylic acids is 1.